The van der Waals surface area contributed by atoms with Crippen molar-refractivity contribution in [1.29, 1.82) is 0 Å². The number of hydrogen-bond donors (Lipinski definition) is 0. The Balaban J connectivity index is 1.67. The zero-order chi connectivity index (χ0) is 19.4. The summed E-state index contributed by atoms with van der Waals surface area (Å²) in [5.41, 5.74) is 3.61. The van der Waals surface area contributed by atoms with Crippen molar-refractivity contribution in [2.45, 2.75) is 25.4 Å². The fourth-order valence-electron chi connectivity index (χ4n) is 3.73. The molecule has 1 aliphatic rings. The lowest BCUT2D eigenvalue weighted by molar-refractivity contribution is -0.130. The van der Waals surface area contributed by atoms with Crippen molar-refractivity contribution < 1.29 is 14.3 Å². The fraction of sp³-hybridized carbons (Fsp3) is 0.409. The Hall–Kier alpha value is -2.53. The number of ether oxygens (including phenoxy) is 2. The standard InChI is InChI=1S/C22H28N2O3/c1-23-14-18-9-6-5-8-16(18)12-19(23)15-24(2)21(25)13-17-10-7-11-20(26-3)22(17)27-4/h5-11,19H,12-15H2,1-4H3/t19-/m1/s1. The van der Waals surface area contributed by atoms with Crippen molar-refractivity contribution in [1.82, 2.24) is 9.80 Å². The molecule has 2 aromatic carbocycles. The largest absolute Gasteiger partial charge is 0.493 e. The minimum Gasteiger partial charge on any atom is -0.493 e. The summed E-state index contributed by atoms with van der Waals surface area (Å²) in [5.74, 6) is 1.35. The van der Waals surface area contributed by atoms with Crippen LogP contribution < -0.4 is 9.47 Å². The van der Waals surface area contributed by atoms with Gasteiger partial charge in [0.15, 0.2) is 11.5 Å². The molecular formula is C22H28N2O3. The zero-order valence-corrected chi connectivity index (χ0v) is 16.6. The molecule has 0 fully saturated rings. The average Bonchev–Trinajstić information content (AvgIpc) is 2.68. The Kier molecular flexibility index (Phi) is 6.01. The second kappa shape index (κ2) is 8.44. The van der Waals surface area contributed by atoms with Crippen molar-refractivity contribution in [3.63, 3.8) is 0 Å². The summed E-state index contributed by atoms with van der Waals surface area (Å²) < 4.78 is 10.8. The van der Waals surface area contributed by atoms with Gasteiger partial charge in [0.1, 0.15) is 0 Å². The minimum absolute atomic E-state index is 0.0776. The van der Waals surface area contributed by atoms with E-state index in [0.717, 1.165) is 18.5 Å². The molecule has 27 heavy (non-hydrogen) atoms. The molecule has 144 valence electrons. The third kappa shape index (κ3) is 4.25. The van der Waals surface area contributed by atoms with Gasteiger partial charge in [0.2, 0.25) is 5.91 Å². The van der Waals surface area contributed by atoms with E-state index < -0.39 is 0 Å². The molecule has 0 radical (unpaired) electrons. The molecular weight excluding hydrogens is 340 g/mol. The number of carbonyl (C=O) groups excluding carboxylic acids is 1. The van der Waals surface area contributed by atoms with E-state index in [9.17, 15) is 4.79 Å². The van der Waals surface area contributed by atoms with Gasteiger partial charge in [-0.05, 0) is 30.7 Å². The van der Waals surface area contributed by atoms with Crippen LogP contribution in [0.1, 0.15) is 16.7 Å². The Labute approximate surface area is 161 Å². The van der Waals surface area contributed by atoms with Gasteiger partial charge in [0, 0.05) is 31.7 Å². The first-order valence-corrected chi connectivity index (χ1v) is 9.24. The number of benzene rings is 2. The molecule has 1 amide bonds. The third-order valence-electron chi connectivity index (χ3n) is 5.35. The molecule has 1 atom stereocenters. The number of likely N-dealkylation sites (N-methyl/N-ethyl adjacent to an activating group) is 2. The molecule has 0 bridgehead atoms. The number of fused-ring (bicyclic) bond motifs is 1. The van der Waals surface area contributed by atoms with Gasteiger partial charge in [-0.1, -0.05) is 36.4 Å². The SMILES string of the molecule is COc1cccc(CC(=O)N(C)C[C@H]2Cc3ccccc3CN2C)c1OC. The van der Waals surface area contributed by atoms with Crippen LogP contribution in [0.4, 0.5) is 0 Å². The summed E-state index contributed by atoms with van der Waals surface area (Å²) in [6, 6.07) is 14.5. The molecule has 2 aromatic rings. The number of hydrogen-bond acceptors (Lipinski definition) is 4. The summed E-state index contributed by atoms with van der Waals surface area (Å²) >= 11 is 0. The van der Waals surface area contributed by atoms with Crippen molar-refractivity contribution in [3.8, 4) is 11.5 Å². The summed E-state index contributed by atoms with van der Waals surface area (Å²) in [7, 11) is 7.21. The highest BCUT2D eigenvalue weighted by Gasteiger charge is 2.26. The van der Waals surface area contributed by atoms with E-state index in [1.807, 2.05) is 30.1 Å². The van der Waals surface area contributed by atoms with Crippen LogP contribution in [0.25, 0.3) is 0 Å². The van der Waals surface area contributed by atoms with Gasteiger partial charge in [-0.25, -0.2) is 0 Å². The van der Waals surface area contributed by atoms with Gasteiger partial charge in [0.05, 0.1) is 20.6 Å². The van der Waals surface area contributed by atoms with Gasteiger partial charge < -0.3 is 14.4 Å². The van der Waals surface area contributed by atoms with Crippen LogP contribution in [0.15, 0.2) is 42.5 Å². The van der Waals surface area contributed by atoms with Crippen LogP contribution in [0.5, 0.6) is 11.5 Å². The number of para-hydroxylation sites is 1. The first kappa shape index (κ1) is 19.2. The van der Waals surface area contributed by atoms with E-state index in [2.05, 4.69) is 36.2 Å². The van der Waals surface area contributed by atoms with Crippen LogP contribution in [-0.2, 0) is 24.2 Å². The quantitative estimate of drug-likeness (QED) is 0.786. The number of amides is 1. The second-order valence-corrected chi connectivity index (χ2v) is 7.15. The molecule has 0 aliphatic carbocycles. The number of carbonyl (C=O) groups is 1. The van der Waals surface area contributed by atoms with E-state index >= 15 is 0 Å². The fourth-order valence-corrected chi connectivity index (χ4v) is 3.73. The maximum Gasteiger partial charge on any atom is 0.226 e. The molecule has 5 heteroatoms. The monoisotopic (exact) mass is 368 g/mol. The highest BCUT2D eigenvalue weighted by Crippen LogP contribution is 2.31. The van der Waals surface area contributed by atoms with Crippen LogP contribution in [-0.4, -0.2) is 56.6 Å². The van der Waals surface area contributed by atoms with E-state index in [1.165, 1.54) is 11.1 Å². The topological polar surface area (TPSA) is 42.0 Å². The Morgan fingerprint density at radius 1 is 1.11 bits per heavy atom. The predicted octanol–water partition coefficient (Wildman–Crippen LogP) is 2.76. The minimum atomic E-state index is 0.0776. The zero-order valence-electron chi connectivity index (χ0n) is 16.6. The summed E-state index contributed by atoms with van der Waals surface area (Å²) in [5, 5.41) is 0. The number of methoxy groups -OCH3 is 2. The van der Waals surface area contributed by atoms with Gasteiger partial charge in [-0.15, -0.1) is 0 Å². The third-order valence-corrected chi connectivity index (χ3v) is 5.35. The van der Waals surface area contributed by atoms with Gasteiger partial charge in [-0.3, -0.25) is 9.69 Å². The van der Waals surface area contributed by atoms with Crippen LogP contribution in [0.2, 0.25) is 0 Å². The number of rotatable bonds is 6. The normalized spacial score (nSPS) is 16.5. The highest BCUT2D eigenvalue weighted by molar-refractivity contribution is 5.79. The molecule has 3 rings (SSSR count). The molecule has 0 N–H and O–H groups in total. The Bertz CT molecular complexity index is 806. The maximum absolute atomic E-state index is 12.8. The van der Waals surface area contributed by atoms with Crippen molar-refractivity contribution in [2.24, 2.45) is 0 Å². The first-order chi connectivity index (χ1) is 13.0. The maximum atomic E-state index is 12.8. The molecule has 0 saturated heterocycles. The lowest BCUT2D eigenvalue weighted by Gasteiger charge is -2.36. The molecule has 0 unspecified atom stereocenters. The molecule has 0 saturated carbocycles. The first-order valence-electron chi connectivity index (χ1n) is 9.24. The van der Waals surface area contributed by atoms with Gasteiger partial charge >= 0.3 is 0 Å². The second-order valence-electron chi connectivity index (χ2n) is 7.15. The van der Waals surface area contributed by atoms with Crippen LogP contribution in [0, 0.1) is 0 Å². The van der Waals surface area contributed by atoms with Crippen LogP contribution in [0.3, 0.4) is 0 Å². The van der Waals surface area contributed by atoms with Crippen molar-refractivity contribution in [3.05, 3.63) is 59.2 Å². The van der Waals surface area contributed by atoms with E-state index in [4.69, 9.17) is 9.47 Å². The van der Waals surface area contributed by atoms with Crippen molar-refractivity contribution >= 4 is 5.91 Å². The number of nitrogens with zero attached hydrogens (tertiary/aromatic N) is 2. The van der Waals surface area contributed by atoms with Gasteiger partial charge in [-0.2, -0.15) is 0 Å². The highest BCUT2D eigenvalue weighted by atomic mass is 16.5. The summed E-state index contributed by atoms with van der Waals surface area (Å²) in [4.78, 5) is 17.0. The van der Waals surface area contributed by atoms with E-state index in [0.29, 0.717) is 30.5 Å². The van der Waals surface area contributed by atoms with Crippen LogP contribution >= 0.6 is 0 Å². The van der Waals surface area contributed by atoms with Crippen molar-refractivity contribution in [2.75, 3.05) is 34.9 Å². The molecule has 0 spiro atoms. The smallest absolute Gasteiger partial charge is 0.226 e. The lowest BCUT2D eigenvalue weighted by Crippen LogP contribution is -2.46. The van der Waals surface area contributed by atoms with E-state index in [1.54, 1.807) is 14.2 Å². The average molecular weight is 368 g/mol. The molecule has 0 aromatic heterocycles. The lowest BCUT2D eigenvalue weighted by atomic mass is 9.94. The Morgan fingerprint density at radius 2 is 1.85 bits per heavy atom. The Morgan fingerprint density at radius 3 is 2.56 bits per heavy atom. The molecule has 1 heterocycles. The molecule has 1 aliphatic heterocycles. The summed E-state index contributed by atoms with van der Waals surface area (Å²) in [6.45, 7) is 1.63. The van der Waals surface area contributed by atoms with Gasteiger partial charge in [0.25, 0.3) is 0 Å². The summed E-state index contributed by atoms with van der Waals surface area (Å²) in [6.07, 6.45) is 1.26. The van der Waals surface area contributed by atoms with E-state index in [-0.39, 0.29) is 5.91 Å². The predicted molar refractivity (Wildman–Crippen MR) is 106 cm³/mol. The molecule has 5 nitrogen and oxygen atoms in total.